The largest absolute Gasteiger partial charge is 0.497 e. The van der Waals surface area contributed by atoms with E-state index in [1.165, 1.54) is 11.8 Å². The van der Waals surface area contributed by atoms with Crippen molar-refractivity contribution >= 4 is 34.4 Å². The number of ether oxygens (including phenoxy) is 1. The number of carbonyl (C=O) groups excluding carboxylic acids is 2. The number of thioether (sulfide) groups is 1. The Hall–Kier alpha value is -2.02. The molecular formula is C15H19N3O3S. The molecule has 118 valence electrons. The number of hydrogen-bond acceptors (Lipinski definition) is 5. The van der Waals surface area contributed by atoms with E-state index in [-0.39, 0.29) is 18.2 Å². The van der Waals surface area contributed by atoms with Crippen LogP contribution >= 0.6 is 11.8 Å². The van der Waals surface area contributed by atoms with Crippen molar-refractivity contribution < 1.29 is 14.3 Å². The van der Waals surface area contributed by atoms with E-state index in [9.17, 15) is 9.59 Å². The van der Waals surface area contributed by atoms with Gasteiger partial charge in [0.1, 0.15) is 11.0 Å². The van der Waals surface area contributed by atoms with Gasteiger partial charge in [-0.15, -0.1) is 0 Å². The Balaban J connectivity index is 1.87. The van der Waals surface area contributed by atoms with Gasteiger partial charge in [0, 0.05) is 18.7 Å². The van der Waals surface area contributed by atoms with Gasteiger partial charge in [-0.05, 0) is 30.7 Å². The highest BCUT2D eigenvalue weighted by molar-refractivity contribution is 8.15. The van der Waals surface area contributed by atoms with Gasteiger partial charge in [0.2, 0.25) is 11.8 Å². The summed E-state index contributed by atoms with van der Waals surface area (Å²) in [7, 11) is 1.58. The number of carbonyl (C=O) groups is 2. The normalized spacial score (nSPS) is 19.1. The highest BCUT2D eigenvalue weighted by Gasteiger charge is 2.31. The quantitative estimate of drug-likeness (QED) is 0.840. The third-order valence-corrected chi connectivity index (χ3v) is 4.12. The molecule has 2 N–H and O–H groups in total. The molecule has 1 aromatic carbocycles. The summed E-state index contributed by atoms with van der Waals surface area (Å²) in [6, 6.07) is 7.05. The number of nitrogens with zero attached hydrogens (tertiary/aromatic N) is 1. The third kappa shape index (κ3) is 4.49. The van der Waals surface area contributed by atoms with Gasteiger partial charge >= 0.3 is 0 Å². The van der Waals surface area contributed by atoms with E-state index in [1.807, 2.05) is 6.92 Å². The summed E-state index contributed by atoms with van der Waals surface area (Å²) >= 11 is 1.31. The van der Waals surface area contributed by atoms with Crippen molar-refractivity contribution in [1.82, 2.24) is 5.32 Å². The van der Waals surface area contributed by atoms with Crippen LogP contribution in [-0.4, -0.2) is 35.9 Å². The highest BCUT2D eigenvalue weighted by atomic mass is 32.2. The summed E-state index contributed by atoms with van der Waals surface area (Å²) in [5, 5.41) is 5.65. The number of methoxy groups -OCH3 is 1. The van der Waals surface area contributed by atoms with Crippen molar-refractivity contribution in [1.29, 1.82) is 0 Å². The Morgan fingerprint density at radius 2 is 2.14 bits per heavy atom. The lowest BCUT2D eigenvalue weighted by Gasteiger charge is -2.08. The topological polar surface area (TPSA) is 79.8 Å². The molecule has 1 aliphatic heterocycles. The fourth-order valence-corrected chi connectivity index (χ4v) is 2.88. The lowest BCUT2D eigenvalue weighted by atomic mass is 10.2. The average molecular weight is 321 g/mol. The lowest BCUT2D eigenvalue weighted by Crippen LogP contribution is -2.28. The van der Waals surface area contributed by atoms with Gasteiger partial charge in [-0.3, -0.25) is 14.6 Å². The van der Waals surface area contributed by atoms with Crippen LogP contribution in [-0.2, 0) is 9.59 Å². The molecule has 1 unspecified atom stereocenters. The van der Waals surface area contributed by atoms with Crippen LogP contribution in [0.1, 0.15) is 19.8 Å². The monoisotopic (exact) mass is 321 g/mol. The van der Waals surface area contributed by atoms with E-state index < -0.39 is 5.25 Å². The molecule has 1 saturated heterocycles. The molecule has 1 atom stereocenters. The number of aliphatic imine (C=N–C) groups is 1. The Kier molecular flexibility index (Phi) is 5.83. The zero-order valence-corrected chi connectivity index (χ0v) is 13.4. The molecule has 7 heteroatoms. The predicted octanol–water partition coefficient (Wildman–Crippen LogP) is 2.02. The van der Waals surface area contributed by atoms with Gasteiger partial charge in [0.15, 0.2) is 5.17 Å². The molecule has 0 spiro atoms. The minimum Gasteiger partial charge on any atom is -0.497 e. The number of amidine groups is 1. The van der Waals surface area contributed by atoms with Gasteiger partial charge in [-0.25, -0.2) is 0 Å². The van der Waals surface area contributed by atoms with Gasteiger partial charge < -0.3 is 15.4 Å². The standard InChI is InChI=1S/C15H19N3O3S/c1-3-8-16-15-18-14(20)12(22-15)9-13(19)17-10-4-6-11(21-2)7-5-10/h4-7,12H,3,8-9H2,1-2H3,(H,17,19)(H,16,18,20). The van der Waals surface area contributed by atoms with Crippen molar-refractivity contribution in [2.75, 3.05) is 19.0 Å². The minimum atomic E-state index is -0.422. The summed E-state index contributed by atoms with van der Waals surface area (Å²) < 4.78 is 5.06. The molecular weight excluding hydrogens is 302 g/mol. The van der Waals surface area contributed by atoms with Crippen LogP contribution in [0.5, 0.6) is 5.75 Å². The molecule has 1 aliphatic rings. The first kappa shape index (κ1) is 16.4. The molecule has 0 aromatic heterocycles. The van der Waals surface area contributed by atoms with E-state index in [2.05, 4.69) is 15.6 Å². The Bertz CT molecular complexity index is 572. The van der Waals surface area contributed by atoms with Crippen LogP contribution in [0.25, 0.3) is 0 Å². The second-order valence-corrected chi connectivity index (χ2v) is 5.95. The van der Waals surface area contributed by atoms with E-state index in [1.54, 1.807) is 31.4 Å². The lowest BCUT2D eigenvalue weighted by molar-refractivity contribution is -0.122. The molecule has 0 aliphatic carbocycles. The molecule has 1 heterocycles. The Labute approximate surface area is 133 Å². The molecule has 0 saturated carbocycles. The molecule has 1 aromatic rings. The van der Waals surface area contributed by atoms with Crippen LogP contribution in [0.4, 0.5) is 5.69 Å². The Morgan fingerprint density at radius 1 is 1.41 bits per heavy atom. The van der Waals surface area contributed by atoms with Crippen molar-refractivity contribution in [2.24, 2.45) is 4.99 Å². The predicted molar refractivity (Wildman–Crippen MR) is 88.4 cm³/mol. The average Bonchev–Trinajstić information content (AvgIpc) is 2.86. The van der Waals surface area contributed by atoms with Gasteiger partial charge in [0.25, 0.3) is 0 Å². The number of benzene rings is 1. The zero-order valence-electron chi connectivity index (χ0n) is 12.6. The second-order valence-electron chi connectivity index (χ2n) is 4.76. The summed E-state index contributed by atoms with van der Waals surface area (Å²) in [4.78, 5) is 28.1. The first-order valence-corrected chi connectivity index (χ1v) is 7.96. The summed E-state index contributed by atoms with van der Waals surface area (Å²) in [5.41, 5.74) is 0.675. The van der Waals surface area contributed by atoms with E-state index in [4.69, 9.17) is 4.74 Å². The molecule has 1 fully saturated rings. The smallest absolute Gasteiger partial charge is 0.240 e. The van der Waals surface area contributed by atoms with Crippen LogP contribution < -0.4 is 15.4 Å². The van der Waals surface area contributed by atoms with Crippen molar-refractivity contribution in [3.63, 3.8) is 0 Å². The van der Waals surface area contributed by atoms with Crippen LogP contribution in [0.15, 0.2) is 29.3 Å². The van der Waals surface area contributed by atoms with Crippen LogP contribution in [0.2, 0.25) is 0 Å². The summed E-state index contributed by atoms with van der Waals surface area (Å²) in [6.07, 6.45) is 1.04. The summed E-state index contributed by atoms with van der Waals surface area (Å²) in [5.74, 6) is 0.361. The number of anilines is 1. The number of hydrogen-bond donors (Lipinski definition) is 2. The number of rotatable bonds is 6. The first-order chi connectivity index (χ1) is 10.6. The maximum Gasteiger partial charge on any atom is 0.240 e. The molecule has 22 heavy (non-hydrogen) atoms. The minimum absolute atomic E-state index is 0.119. The van der Waals surface area contributed by atoms with Gasteiger partial charge in [-0.2, -0.15) is 0 Å². The van der Waals surface area contributed by atoms with E-state index >= 15 is 0 Å². The van der Waals surface area contributed by atoms with Gasteiger partial charge in [-0.1, -0.05) is 18.7 Å². The number of amides is 2. The van der Waals surface area contributed by atoms with E-state index in [0.717, 1.165) is 12.2 Å². The zero-order chi connectivity index (χ0) is 15.9. The third-order valence-electron chi connectivity index (χ3n) is 3.00. The van der Waals surface area contributed by atoms with Crippen molar-refractivity contribution in [2.45, 2.75) is 25.0 Å². The number of nitrogens with one attached hydrogen (secondary N) is 2. The first-order valence-electron chi connectivity index (χ1n) is 7.08. The van der Waals surface area contributed by atoms with Crippen molar-refractivity contribution in [3.8, 4) is 5.75 Å². The molecule has 6 nitrogen and oxygen atoms in total. The molecule has 2 rings (SSSR count). The summed E-state index contributed by atoms with van der Waals surface area (Å²) in [6.45, 7) is 2.69. The van der Waals surface area contributed by atoms with Gasteiger partial charge in [0.05, 0.1) is 7.11 Å². The van der Waals surface area contributed by atoms with Crippen LogP contribution in [0, 0.1) is 0 Å². The maximum absolute atomic E-state index is 12.0. The molecule has 0 radical (unpaired) electrons. The fourth-order valence-electron chi connectivity index (χ4n) is 1.88. The van der Waals surface area contributed by atoms with Crippen molar-refractivity contribution in [3.05, 3.63) is 24.3 Å². The molecule has 2 amide bonds. The fraction of sp³-hybridized carbons (Fsp3) is 0.400. The SMILES string of the molecule is CCCN=C1NC(=O)C(CC(=O)Nc2ccc(OC)cc2)S1. The Morgan fingerprint density at radius 3 is 2.77 bits per heavy atom. The van der Waals surface area contributed by atoms with Crippen LogP contribution in [0.3, 0.4) is 0 Å². The van der Waals surface area contributed by atoms with E-state index in [0.29, 0.717) is 17.4 Å². The maximum atomic E-state index is 12.0. The highest BCUT2D eigenvalue weighted by Crippen LogP contribution is 2.23. The molecule has 0 bridgehead atoms. The second kappa shape index (κ2) is 7.84.